The summed E-state index contributed by atoms with van der Waals surface area (Å²) in [6, 6.07) is 6.17. The molecule has 0 heterocycles. The van der Waals surface area contributed by atoms with E-state index in [1.807, 2.05) is 0 Å². The molecule has 1 aromatic carbocycles. The Hall–Kier alpha value is -1.92. The molecule has 31 heavy (non-hydrogen) atoms. The van der Waals surface area contributed by atoms with E-state index in [1.165, 1.54) is 24.1 Å². The maximum atomic E-state index is 13.4. The lowest BCUT2D eigenvalue weighted by atomic mass is 9.47. The highest BCUT2D eigenvalue weighted by Gasteiger charge is 2.59. The van der Waals surface area contributed by atoms with Gasteiger partial charge in [0.05, 0.1) is 6.10 Å². The number of Topliss-reactive ketones (excluding diaryl/α,β-unsaturated/α-hetero) is 1. The van der Waals surface area contributed by atoms with Crippen LogP contribution >= 0.6 is 0 Å². The fraction of sp³-hybridized carbons (Fsp3) is 0.607. The Labute approximate surface area is 185 Å². The minimum atomic E-state index is -0.320. The Morgan fingerprint density at radius 1 is 1.13 bits per heavy atom. The fourth-order valence-corrected chi connectivity index (χ4v) is 7.86. The number of rotatable bonds is 1. The van der Waals surface area contributed by atoms with Crippen molar-refractivity contribution in [3.05, 3.63) is 47.3 Å². The van der Waals surface area contributed by atoms with Gasteiger partial charge >= 0.3 is 0 Å². The van der Waals surface area contributed by atoms with Gasteiger partial charge in [-0.15, -0.1) is 0 Å². The average Bonchev–Trinajstić information content (AvgIpc) is 3.10. The molecule has 7 atom stereocenters. The first-order chi connectivity index (χ1) is 14.8. The van der Waals surface area contributed by atoms with E-state index in [0.717, 1.165) is 44.9 Å². The summed E-state index contributed by atoms with van der Waals surface area (Å²) in [4.78, 5) is 13.1. The molecule has 4 aliphatic carbocycles. The third-order valence-corrected chi connectivity index (χ3v) is 9.55. The number of carbonyl (C=O) groups is 1. The summed E-state index contributed by atoms with van der Waals surface area (Å²) >= 11 is 0. The lowest BCUT2D eigenvalue weighted by Gasteiger charge is -2.57. The SMILES string of the molecule is C[C@]12CC[C@H]3[C@@H](CC=C4C[C@@H](O)CC[C@@]43C)[C@@H]1CC[C@@H]2C(=O)C#Cc1cccc(F)c1. The van der Waals surface area contributed by atoms with Crippen LogP contribution in [0.5, 0.6) is 0 Å². The van der Waals surface area contributed by atoms with Gasteiger partial charge in [0.25, 0.3) is 0 Å². The van der Waals surface area contributed by atoms with Crippen molar-refractivity contribution in [2.75, 3.05) is 0 Å². The van der Waals surface area contributed by atoms with Gasteiger partial charge < -0.3 is 5.11 Å². The Balaban J connectivity index is 1.37. The van der Waals surface area contributed by atoms with Gasteiger partial charge in [-0.05, 0) is 104 Å². The van der Waals surface area contributed by atoms with Crippen LogP contribution in [0.2, 0.25) is 0 Å². The summed E-state index contributed by atoms with van der Waals surface area (Å²) in [5.41, 5.74) is 2.30. The topological polar surface area (TPSA) is 37.3 Å². The van der Waals surface area contributed by atoms with E-state index in [2.05, 4.69) is 31.8 Å². The molecular weight excluding hydrogens is 387 g/mol. The van der Waals surface area contributed by atoms with Crippen molar-refractivity contribution in [1.82, 2.24) is 0 Å². The van der Waals surface area contributed by atoms with Gasteiger partial charge in [0.1, 0.15) is 5.82 Å². The van der Waals surface area contributed by atoms with E-state index in [4.69, 9.17) is 0 Å². The quantitative estimate of drug-likeness (QED) is 0.468. The van der Waals surface area contributed by atoms with Crippen LogP contribution in [0.3, 0.4) is 0 Å². The van der Waals surface area contributed by atoms with Crippen LogP contribution in [-0.2, 0) is 4.79 Å². The summed E-state index contributed by atoms with van der Waals surface area (Å²) in [5, 5.41) is 10.2. The second kappa shape index (κ2) is 7.59. The highest BCUT2D eigenvalue weighted by Crippen LogP contribution is 2.66. The van der Waals surface area contributed by atoms with Gasteiger partial charge in [0.2, 0.25) is 5.78 Å². The molecule has 0 aliphatic heterocycles. The molecule has 0 aromatic heterocycles. The molecule has 2 nitrogen and oxygen atoms in total. The first-order valence-electron chi connectivity index (χ1n) is 12.0. The molecule has 0 radical (unpaired) electrons. The molecule has 1 aromatic rings. The van der Waals surface area contributed by atoms with E-state index >= 15 is 0 Å². The molecule has 3 saturated carbocycles. The summed E-state index contributed by atoms with van der Waals surface area (Å²) in [6.07, 6.45) is 10.5. The Morgan fingerprint density at radius 3 is 2.77 bits per heavy atom. The van der Waals surface area contributed by atoms with E-state index in [9.17, 15) is 14.3 Å². The standard InChI is InChI=1S/C28H33FO2/c1-27-14-12-21(30)17-19(27)7-8-22-23-9-10-25(28(23,2)15-13-24(22)27)26(31)11-6-18-4-3-5-20(29)16-18/h3-5,7,16,21-25,30H,8-10,12-15,17H2,1-2H3/t21-,22-,23-,24-,25+,27-,28-/m0/s1. The molecule has 0 bridgehead atoms. The Bertz CT molecular complexity index is 984. The number of aliphatic hydroxyl groups is 1. The molecule has 0 spiro atoms. The zero-order valence-electron chi connectivity index (χ0n) is 18.7. The number of benzene rings is 1. The second-order valence-corrected chi connectivity index (χ2v) is 11.0. The Kier molecular flexibility index (Phi) is 5.13. The third-order valence-electron chi connectivity index (χ3n) is 9.55. The highest BCUT2D eigenvalue weighted by atomic mass is 19.1. The van der Waals surface area contributed by atoms with Gasteiger partial charge in [0.15, 0.2) is 0 Å². The smallest absolute Gasteiger partial charge is 0.209 e. The normalized spacial score (nSPS) is 41.2. The number of ketones is 1. The molecule has 0 amide bonds. The number of aliphatic hydroxyl groups excluding tert-OH is 1. The van der Waals surface area contributed by atoms with Crippen molar-refractivity contribution < 1.29 is 14.3 Å². The van der Waals surface area contributed by atoms with Crippen LogP contribution in [-0.4, -0.2) is 17.0 Å². The Morgan fingerprint density at radius 2 is 1.97 bits per heavy atom. The highest BCUT2D eigenvalue weighted by molar-refractivity contribution is 5.98. The minimum Gasteiger partial charge on any atom is -0.393 e. The van der Waals surface area contributed by atoms with E-state index in [1.54, 1.807) is 12.1 Å². The second-order valence-electron chi connectivity index (χ2n) is 11.0. The molecule has 3 heteroatoms. The van der Waals surface area contributed by atoms with Crippen molar-refractivity contribution >= 4 is 5.78 Å². The summed E-state index contributed by atoms with van der Waals surface area (Å²) in [6.45, 7) is 4.77. The van der Waals surface area contributed by atoms with E-state index in [-0.39, 0.29) is 34.5 Å². The molecule has 1 N–H and O–H groups in total. The number of carbonyl (C=O) groups excluding carboxylic acids is 1. The molecule has 3 fully saturated rings. The lowest BCUT2D eigenvalue weighted by molar-refractivity contribution is -0.124. The van der Waals surface area contributed by atoms with Gasteiger partial charge in [-0.25, -0.2) is 4.39 Å². The zero-order chi connectivity index (χ0) is 21.8. The average molecular weight is 421 g/mol. The number of hydrogen-bond acceptors (Lipinski definition) is 2. The zero-order valence-corrected chi connectivity index (χ0v) is 18.7. The molecule has 5 rings (SSSR count). The van der Waals surface area contributed by atoms with E-state index in [0.29, 0.717) is 23.3 Å². The first-order valence-corrected chi connectivity index (χ1v) is 12.0. The first kappa shape index (κ1) is 21.0. The molecular formula is C28H33FO2. The van der Waals surface area contributed by atoms with Crippen LogP contribution in [0.15, 0.2) is 35.9 Å². The monoisotopic (exact) mass is 420 g/mol. The van der Waals surface area contributed by atoms with Crippen LogP contribution in [0.1, 0.15) is 70.8 Å². The van der Waals surface area contributed by atoms with Gasteiger partial charge in [0, 0.05) is 11.5 Å². The van der Waals surface area contributed by atoms with Gasteiger partial charge in [-0.3, -0.25) is 4.79 Å². The molecule has 0 saturated heterocycles. The summed E-state index contributed by atoms with van der Waals surface area (Å²) < 4.78 is 13.4. The minimum absolute atomic E-state index is 0.00845. The maximum absolute atomic E-state index is 13.4. The van der Waals surface area contributed by atoms with Crippen LogP contribution in [0.25, 0.3) is 0 Å². The molecule has 0 unspecified atom stereocenters. The number of fused-ring (bicyclic) bond motifs is 5. The molecule has 164 valence electrons. The predicted molar refractivity (Wildman–Crippen MR) is 119 cm³/mol. The molecule has 4 aliphatic rings. The number of halogens is 1. The van der Waals surface area contributed by atoms with Gasteiger partial charge in [-0.2, -0.15) is 0 Å². The van der Waals surface area contributed by atoms with Crippen molar-refractivity contribution in [3.63, 3.8) is 0 Å². The lowest BCUT2D eigenvalue weighted by Crippen LogP contribution is -2.51. The maximum Gasteiger partial charge on any atom is 0.209 e. The van der Waals surface area contributed by atoms with Crippen molar-refractivity contribution in [3.8, 4) is 11.8 Å². The van der Waals surface area contributed by atoms with Crippen molar-refractivity contribution in [2.24, 2.45) is 34.5 Å². The van der Waals surface area contributed by atoms with Gasteiger partial charge in [-0.1, -0.05) is 37.5 Å². The summed E-state index contributed by atoms with van der Waals surface area (Å²) in [5.74, 6) is 7.35. The van der Waals surface area contributed by atoms with Crippen LogP contribution in [0.4, 0.5) is 4.39 Å². The number of hydrogen-bond donors (Lipinski definition) is 1. The largest absolute Gasteiger partial charge is 0.393 e. The van der Waals surface area contributed by atoms with Crippen molar-refractivity contribution in [2.45, 2.75) is 71.3 Å². The predicted octanol–water partition coefficient (Wildman–Crippen LogP) is 5.69. The van der Waals surface area contributed by atoms with Crippen LogP contribution < -0.4 is 0 Å². The van der Waals surface area contributed by atoms with Crippen LogP contribution in [0, 0.1) is 52.2 Å². The number of allylic oxidation sites excluding steroid dienone is 1. The van der Waals surface area contributed by atoms with E-state index < -0.39 is 0 Å². The summed E-state index contributed by atoms with van der Waals surface area (Å²) in [7, 11) is 0. The third kappa shape index (κ3) is 3.39. The fourth-order valence-electron chi connectivity index (χ4n) is 7.86. The van der Waals surface area contributed by atoms with Crippen molar-refractivity contribution in [1.29, 1.82) is 0 Å².